The van der Waals surface area contributed by atoms with Crippen molar-refractivity contribution in [3.05, 3.63) is 65.6 Å². The number of rotatable bonds is 6. The van der Waals surface area contributed by atoms with Crippen LogP contribution in [0.4, 0.5) is 0 Å². The van der Waals surface area contributed by atoms with Crippen LogP contribution in [0.2, 0.25) is 0 Å². The summed E-state index contributed by atoms with van der Waals surface area (Å²) in [5.74, 6) is 1.24. The van der Waals surface area contributed by atoms with Crippen LogP contribution in [-0.2, 0) is 24.2 Å². The number of carbonyl (C=O) groups is 1. The number of fused-ring (bicyclic) bond motifs is 2. The topological polar surface area (TPSA) is 50.2 Å². The highest BCUT2D eigenvalue weighted by Gasteiger charge is 2.41. The molecule has 5 heteroatoms. The van der Waals surface area contributed by atoms with E-state index in [2.05, 4.69) is 65.1 Å². The summed E-state index contributed by atoms with van der Waals surface area (Å²) in [4.78, 5) is 19.8. The van der Waals surface area contributed by atoms with Gasteiger partial charge in [0.05, 0.1) is 5.92 Å². The van der Waals surface area contributed by atoms with Crippen LogP contribution in [0.3, 0.4) is 0 Å². The molecule has 0 bridgehead atoms. The van der Waals surface area contributed by atoms with Crippen LogP contribution in [0.15, 0.2) is 48.8 Å². The number of hydrogen-bond acceptors (Lipinski definition) is 3. The van der Waals surface area contributed by atoms with Crippen molar-refractivity contribution in [2.75, 3.05) is 20.1 Å². The van der Waals surface area contributed by atoms with Crippen LogP contribution in [-0.4, -0.2) is 46.5 Å². The molecule has 1 fully saturated rings. The van der Waals surface area contributed by atoms with Crippen LogP contribution in [0.25, 0.3) is 10.9 Å². The largest absolute Gasteiger partial charge is 0.355 e. The fourth-order valence-corrected chi connectivity index (χ4v) is 5.86. The molecule has 5 rings (SSSR count). The third-order valence-corrected chi connectivity index (χ3v) is 7.26. The fraction of sp³-hybridized carbons (Fsp3) is 0.481. The van der Waals surface area contributed by atoms with Crippen molar-refractivity contribution in [2.24, 2.45) is 11.8 Å². The van der Waals surface area contributed by atoms with Crippen LogP contribution in [0.1, 0.15) is 43.0 Å². The molecule has 0 saturated carbocycles. The summed E-state index contributed by atoms with van der Waals surface area (Å²) in [5, 5.41) is 4.62. The monoisotopic (exact) mass is 430 g/mol. The van der Waals surface area contributed by atoms with E-state index in [0.717, 1.165) is 38.0 Å². The van der Waals surface area contributed by atoms with Gasteiger partial charge in [-0.1, -0.05) is 32.0 Å². The maximum Gasteiger partial charge on any atom is 0.224 e. The Kier molecular flexibility index (Phi) is 5.76. The van der Waals surface area contributed by atoms with E-state index in [1.165, 1.54) is 22.0 Å². The average molecular weight is 431 g/mol. The number of nitrogens with zero attached hydrogens (tertiary/aromatic N) is 3. The zero-order valence-electron chi connectivity index (χ0n) is 19.4. The van der Waals surface area contributed by atoms with E-state index >= 15 is 0 Å². The Morgan fingerprint density at radius 1 is 1.22 bits per heavy atom. The van der Waals surface area contributed by atoms with Gasteiger partial charge in [-0.3, -0.25) is 9.78 Å². The molecule has 3 heterocycles. The highest BCUT2D eigenvalue weighted by Crippen LogP contribution is 2.45. The maximum absolute atomic E-state index is 13.1. The summed E-state index contributed by atoms with van der Waals surface area (Å²) >= 11 is 0. The summed E-state index contributed by atoms with van der Waals surface area (Å²) in [5.41, 5.74) is 5.29. The number of nitrogens with one attached hydrogen (secondary N) is 1. The standard InChI is InChI=1S/C27H34N4O/c1-18(2)15-31-17-19-14-25-23(22-8-6-9-24(31)26(19)22)13-20(16-30(25)3)27(32)29-12-10-21-7-4-5-11-28-21/h4-9,11,17-18,20,23,25H,10,12-16H2,1-3H3,(H,29,32)/t20-,23-,25-/m1/s1. The molecule has 1 saturated heterocycles. The zero-order chi connectivity index (χ0) is 22.2. The maximum atomic E-state index is 13.1. The van der Waals surface area contributed by atoms with Crippen LogP contribution in [0, 0.1) is 11.8 Å². The van der Waals surface area contributed by atoms with Gasteiger partial charge in [-0.25, -0.2) is 0 Å². The van der Waals surface area contributed by atoms with Crippen molar-refractivity contribution in [1.29, 1.82) is 0 Å². The van der Waals surface area contributed by atoms with Crippen LogP contribution >= 0.6 is 0 Å². The highest BCUT2D eigenvalue weighted by atomic mass is 16.1. The molecule has 1 amide bonds. The molecule has 0 spiro atoms. The van der Waals surface area contributed by atoms with Crippen LogP contribution in [0.5, 0.6) is 0 Å². The van der Waals surface area contributed by atoms with E-state index < -0.39 is 0 Å². The number of pyridine rings is 1. The molecule has 1 aromatic carbocycles. The Balaban J connectivity index is 1.34. The lowest BCUT2D eigenvalue weighted by molar-refractivity contribution is -0.127. The van der Waals surface area contributed by atoms with Crippen molar-refractivity contribution >= 4 is 16.8 Å². The summed E-state index contributed by atoms with van der Waals surface area (Å²) in [6.45, 7) is 7.07. The molecule has 3 aromatic rings. The first kappa shape index (κ1) is 21.2. The molecule has 2 aliphatic rings. The second-order valence-electron chi connectivity index (χ2n) is 10.1. The third-order valence-electron chi connectivity index (χ3n) is 7.26. The predicted molar refractivity (Wildman–Crippen MR) is 129 cm³/mol. The van der Waals surface area contributed by atoms with Gasteiger partial charge in [-0.2, -0.15) is 0 Å². The molecule has 1 aliphatic carbocycles. The molecular weight excluding hydrogens is 396 g/mol. The van der Waals surface area contributed by atoms with E-state index in [-0.39, 0.29) is 11.8 Å². The molecule has 1 aliphatic heterocycles. The number of hydrogen-bond donors (Lipinski definition) is 1. The van der Waals surface area contributed by atoms with Gasteiger partial charge in [0, 0.05) is 67.0 Å². The Hall–Kier alpha value is -2.66. The minimum Gasteiger partial charge on any atom is -0.355 e. The molecule has 5 nitrogen and oxygen atoms in total. The van der Waals surface area contributed by atoms with Gasteiger partial charge in [-0.15, -0.1) is 0 Å². The Morgan fingerprint density at radius 3 is 2.88 bits per heavy atom. The Bertz CT molecular complexity index is 1100. The molecule has 3 atom stereocenters. The molecule has 0 unspecified atom stereocenters. The van der Waals surface area contributed by atoms with Gasteiger partial charge >= 0.3 is 0 Å². The second-order valence-corrected chi connectivity index (χ2v) is 10.1. The number of carbonyl (C=O) groups excluding carboxylic acids is 1. The average Bonchev–Trinajstić information content (AvgIpc) is 3.13. The number of amides is 1. The van der Waals surface area contributed by atoms with Gasteiger partial charge in [0.15, 0.2) is 0 Å². The van der Waals surface area contributed by atoms with Crippen molar-refractivity contribution < 1.29 is 4.79 Å². The normalized spacial score (nSPS) is 22.8. The van der Waals surface area contributed by atoms with Crippen LogP contribution < -0.4 is 5.32 Å². The van der Waals surface area contributed by atoms with Gasteiger partial charge in [0.25, 0.3) is 0 Å². The van der Waals surface area contributed by atoms with Gasteiger partial charge in [0.1, 0.15) is 0 Å². The van der Waals surface area contributed by atoms with Crippen molar-refractivity contribution in [1.82, 2.24) is 19.8 Å². The number of piperidine rings is 1. The molecule has 0 radical (unpaired) electrons. The minimum absolute atomic E-state index is 0.0274. The highest BCUT2D eigenvalue weighted by molar-refractivity contribution is 5.89. The van der Waals surface area contributed by atoms with E-state index in [0.29, 0.717) is 24.4 Å². The predicted octanol–water partition coefficient (Wildman–Crippen LogP) is 4.01. The van der Waals surface area contributed by atoms with Gasteiger partial charge < -0.3 is 14.8 Å². The lowest BCUT2D eigenvalue weighted by atomic mass is 9.72. The van der Waals surface area contributed by atoms with Crippen molar-refractivity contribution in [3.8, 4) is 0 Å². The van der Waals surface area contributed by atoms with E-state index in [1.807, 2.05) is 18.2 Å². The number of likely N-dealkylation sites (N-methyl/N-ethyl adjacent to an activating group) is 1. The Labute approximate surface area is 190 Å². The van der Waals surface area contributed by atoms with E-state index in [4.69, 9.17) is 0 Å². The fourth-order valence-electron chi connectivity index (χ4n) is 5.86. The van der Waals surface area contributed by atoms with E-state index in [9.17, 15) is 4.79 Å². The summed E-state index contributed by atoms with van der Waals surface area (Å²) < 4.78 is 2.44. The second kappa shape index (κ2) is 8.70. The third kappa shape index (κ3) is 3.95. The summed E-state index contributed by atoms with van der Waals surface area (Å²) in [7, 11) is 2.20. The van der Waals surface area contributed by atoms with Crippen molar-refractivity contribution in [2.45, 2.75) is 51.6 Å². The molecule has 168 valence electrons. The number of likely N-dealkylation sites (tertiary alicyclic amines) is 1. The molecule has 32 heavy (non-hydrogen) atoms. The summed E-state index contributed by atoms with van der Waals surface area (Å²) in [6.07, 6.45) is 6.97. The zero-order valence-corrected chi connectivity index (χ0v) is 19.4. The SMILES string of the molecule is CC(C)Cn1cc2c3c(cccc31)[C@H]1C[C@@H](C(=O)NCCc3ccccn3)CN(C)[C@@H]1C2. The quantitative estimate of drug-likeness (QED) is 0.643. The first-order chi connectivity index (χ1) is 15.5. The first-order valence-corrected chi connectivity index (χ1v) is 12.0. The minimum atomic E-state index is 0.0274. The Morgan fingerprint density at radius 2 is 2.09 bits per heavy atom. The molecule has 2 aromatic heterocycles. The van der Waals surface area contributed by atoms with Gasteiger partial charge in [0.2, 0.25) is 5.91 Å². The lowest BCUT2D eigenvalue weighted by Gasteiger charge is -2.45. The number of aromatic nitrogens is 2. The number of benzene rings is 1. The smallest absolute Gasteiger partial charge is 0.224 e. The van der Waals surface area contributed by atoms with E-state index in [1.54, 1.807) is 6.20 Å². The molecule has 1 N–H and O–H groups in total. The van der Waals surface area contributed by atoms with Crippen molar-refractivity contribution in [3.63, 3.8) is 0 Å². The summed E-state index contributed by atoms with van der Waals surface area (Å²) in [6, 6.07) is 13.2. The molecular formula is C27H34N4O. The lowest BCUT2D eigenvalue weighted by Crippen LogP contribution is -2.51. The first-order valence-electron chi connectivity index (χ1n) is 12.0. The van der Waals surface area contributed by atoms with Gasteiger partial charge in [-0.05, 0) is 55.1 Å².